The Kier molecular flexibility index (Phi) is 13.2. The second-order valence-corrected chi connectivity index (χ2v) is 13.1. The van der Waals surface area contributed by atoms with Crippen molar-refractivity contribution >= 4 is 40.8 Å². The van der Waals surface area contributed by atoms with Crippen LogP contribution in [-0.2, 0) is 23.9 Å². The number of nitrogens with zero attached hydrogens (tertiary/aromatic N) is 1. The van der Waals surface area contributed by atoms with Crippen LogP contribution < -0.4 is 5.32 Å². The molecule has 1 N–H and O–H groups in total. The van der Waals surface area contributed by atoms with Crippen LogP contribution in [0.3, 0.4) is 0 Å². The third kappa shape index (κ3) is 11.7. The molecule has 1 aliphatic heterocycles. The van der Waals surface area contributed by atoms with E-state index in [1.54, 1.807) is 19.9 Å². The highest BCUT2D eigenvalue weighted by Crippen LogP contribution is 2.32. The zero-order valence-corrected chi connectivity index (χ0v) is 26.0. The molecule has 1 saturated carbocycles. The van der Waals surface area contributed by atoms with Gasteiger partial charge in [0.25, 0.3) is 0 Å². The van der Waals surface area contributed by atoms with Crippen molar-refractivity contribution in [3.05, 3.63) is 15.8 Å². The van der Waals surface area contributed by atoms with Crippen LogP contribution >= 0.6 is 11.3 Å². The van der Waals surface area contributed by atoms with E-state index >= 15 is 0 Å². The quantitative estimate of drug-likeness (QED) is 0.245. The Labute approximate surface area is 243 Å². The van der Waals surface area contributed by atoms with E-state index in [-0.39, 0.29) is 28.0 Å². The van der Waals surface area contributed by atoms with Gasteiger partial charge in [-0.15, -0.1) is 11.3 Å². The van der Waals surface area contributed by atoms with Gasteiger partial charge in [-0.3, -0.25) is 14.4 Å². The molecule has 0 spiro atoms. The van der Waals surface area contributed by atoms with Gasteiger partial charge in [0.15, 0.2) is 0 Å². The number of carbonyl (C=O) groups excluding carboxylic acids is 4. The Balaban J connectivity index is 0.000000526. The molecule has 0 atom stereocenters. The normalized spacial score (nSPS) is 19.4. The smallest absolute Gasteiger partial charge is 0.353 e. The minimum absolute atomic E-state index is 0.0592. The molecule has 40 heavy (non-hydrogen) atoms. The van der Waals surface area contributed by atoms with Crippen molar-refractivity contribution in [1.29, 1.82) is 0 Å². The minimum Gasteiger partial charge on any atom is -0.428 e. The maximum atomic E-state index is 12.8. The number of hydrogen-bond donors (Lipinski definition) is 1. The van der Waals surface area contributed by atoms with E-state index in [0.717, 1.165) is 56.4 Å². The Bertz CT molecular complexity index is 1080. The van der Waals surface area contributed by atoms with E-state index in [1.165, 1.54) is 12.8 Å². The summed E-state index contributed by atoms with van der Waals surface area (Å²) < 4.78 is 10.0. The number of ether oxygens (including phenoxy) is 2. The van der Waals surface area contributed by atoms with Crippen LogP contribution in [0.2, 0.25) is 0 Å². The monoisotopic (exact) mass is 574 g/mol. The molecule has 2 fully saturated rings. The standard InChI is InChI=1S/C24H33NO5S.C7H13NO/c1-15(2)22(27)29-14-30-23(28)20-19(13-18(31-20)11-12-24(4,5)6)25-21(26)17-9-7-16(3)8-10-17;1-8-6-4-2-3-5-7(8)9/h13,15-17H,7-10,14H2,1-6H3,(H,25,26);2-6H2,1H3. The fourth-order valence-electron chi connectivity index (χ4n) is 4.19. The molecular formula is C31H46N2O6S. The SMILES string of the molecule is CC1CCC(C(=O)Nc2cc(C#CC(C)(C)C)sc2C(=O)OCOC(=O)C(C)C)CC1.CN1CCCCCC1=O. The second-order valence-electron chi connectivity index (χ2n) is 12.1. The van der Waals surface area contributed by atoms with Gasteiger partial charge in [0, 0.05) is 31.3 Å². The summed E-state index contributed by atoms with van der Waals surface area (Å²) in [4.78, 5) is 50.7. The molecule has 2 aliphatic rings. The van der Waals surface area contributed by atoms with Crippen LogP contribution in [0.15, 0.2) is 6.07 Å². The maximum absolute atomic E-state index is 12.8. The van der Waals surface area contributed by atoms with Crippen LogP contribution in [0.4, 0.5) is 5.69 Å². The predicted octanol–water partition coefficient (Wildman–Crippen LogP) is 6.24. The van der Waals surface area contributed by atoms with Gasteiger partial charge in [-0.2, -0.15) is 0 Å². The van der Waals surface area contributed by atoms with Gasteiger partial charge in [0.05, 0.1) is 16.5 Å². The van der Waals surface area contributed by atoms with E-state index < -0.39 is 18.7 Å². The van der Waals surface area contributed by atoms with Crippen LogP contribution in [-0.4, -0.2) is 49.0 Å². The molecule has 0 radical (unpaired) electrons. The number of thiophene rings is 1. The third-order valence-corrected chi connectivity index (χ3v) is 7.83. The third-order valence-electron chi connectivity index (χ3n) is 6.80. The first-order valence-corrected chi connectivity index (χ1v) is 15.1. The molecule has 0 bridgehead atoms. The zero-order valence-electron chi connectivity index (χ0n) is 25.2. The van der Waals surface area contributed by atoms with Crippen molar-refractivity contribution < 1.29 is 28.7 Å². The molecule has 1 saturated heterocycles. The molecule has 1 aliphatic carbocycles. The highest BCUT2D eigenvalue weighted by atomic mass is 32.1. The van der Waals surface area contributed by atoms with Crippen molar-refractivity contribution in [3.63, 3.8) is 0 Å². The summed E-state index contributed by atoms with van der Waals surface area (Å²) in [5.74, 6) is 5.61. The summed E-state index contributed by atoms with van der Waals surface area (Å²) >= 11 is 1.16. The number of rotatable bonds is 6. The second kappa shape index (κ2) is 15.8. The van der Waals surface area contributed by atoms with Crippen molar-refractivity contribution in [3.8, 4) is 11.8 Å². The van der Waals surface area contributed by atoms with Crippen molar-refractivity contribution in [1.82, 2.24) is 4.90 Å². The van der Waals surface area contributed by atoms with Crippen molar-refractivity contribution in [2.75, 3.05) is 25.7 Å². The lowest BCUT2D eigenvalue weighted by Crippen LogP contribution is -2.27. The van der Waals surface area contributed by atoms with E-state index in [4.69, 9.17) is 9.47 Å². The lowest BCUT2D eigenvalue weighted by Gasteiger charge is -2.25. The molecule has 9 heteroatoms. The summed E-state index contributed by atoms with van der Waals surface area (Å²) in [5, 5.41) is 2.91. The van der Waals surface area contributed by atoms with Crippen molar-refractivity contribution in [2.24, 2.45) is 23.2 Å². The predicted molar refractivity (Wildman–Crippen MR) is 158 cm³/mol. The number of amides is 2. The largest absolute Gasteiger partial charge is 0.428 e. The summed E-state index contributed by atoms with van der Waals surface area (Å²) in [5.41, 5.74) is 0.199. The average Bonchev–Trinajstić information content (AvgIpc) is 3.20. The molecule has 0 aromatic carbocycles. The summed E-state index contributed by atoms with van der Waals surface area (Å²) in [7, 11) is 1.88. The molecule has 3 rings (SSSR count). The number of hydrogen-bond acceptors (Lipinski definition) is 7. The minimum atomic E-state index is -0.655. The molecule has 222 valence electrons. The van der Waals surface area contributed by atoms with E-state index in [1.807, 2.05) is 32.7 Å². The van der Waals surface area contributed by atoms with Crippen LogP contribution in [0.25, 0.3) is 0 Å². The molecule has 2 heterocycles. The fourth-order valence-corrected chi connectivity index (χ4v) is 5.06. The van der Waals surface area contributed by atoms with Gasteiger partial charge in [-0.25, -0.2) is 4.79 Å². The lowest BCUT2D eigenvalue weighted by molar-refractivity contribution is -0.155. The van der Waals surface area contributed by atoms with E-state index in [9.17, 15) is 19.2 Å². The van der Waals surface area contributed by atoms with Gasteiger partial charge >= 0.3 is 11.9 Å². The fraction of sp³-hybridized carbons (Fsp3) is 0.677. The lowest BCUT2D eigenvalue weighted by atomic mass is 9.82. The summed E-state index contributed by atoms with van der Waals surface area (Å²) in [6, 6.07) is 1.71. The highest BCUT2D eigenvalue weighted by Gasteiger charge is 2.27. The Hall–Kier alpha value is -2.86. The maximum Gasteiger partial charge on any atom is 0.353 e. The number of likely N-dealkylation sites (tertiary alicyclic amines) is 1. The van der Waals surface area contributed by atoms with Crippen molar-refractivity contribution in [2.45, 2.75) is 92.9 Å². The molecule has 1 aromatic rings. The first-order chi connectivity index (χ1) is 18.8. The average molecular weight is 575 g/mol. The van der Waals surface area contributed by atoms with Crippen LogP contribution in [0.1, 0.15) is 107 Å². The Morgan fingerprint density at radius 1 is 1.10 bits per heavy atom. The number of anilines is 1. The van der Waals surface area contributed by atoms with Gasteiger partial charge < -0.3 is 19.7 Å². The molecule has 2 amide bonds. The summed E-state index contributed by atoms with van der Waals surface area (Å²) in [6.07, 6.45) is 8.00. The Morgan fingerprint density at radius 2 is 1.77 bits per heavy atom. The topological polar surface area (TPSA) is 102 Å². The van der Waals surface area contributed by atoms with Gasteiger partial charge in [-0.1, -0.05) is 39.0 Å². The van der Waals surface area contributed by atoms with Crippen LogP contribution in [0.5, 0.6) is 0 Å². The van der Waals surface area contributed by atoms with E-state index in [0.29, 0.717) is 22.4 Å². The molecule has 1 aromatic heterocycles. The van der Waals surface area contributed by atoms with Gasteiger partial charge in [0.1, 0.15) is 4.88 Å². The van der Waals surface area contributed by atoms with Gasteiger partial charge in [-0.05, 0) is 71.3 Å². The molecule has 0 unspecified atom stereocenters. The number of esters is 2. The zero-order chi connectivity index (χ0) is 29.9. The van der Waals surface area contributed by atoms with Crippen LogP contribution in [0, 0.1) is 35.0 Å². The first-order valence-electron chi connectivity index (χ1n) is 14.3. The Morgan fingerprint density at radius 3 is 2.40 bits per heavy atom. The number of nitrogens with one attached hydrogen (secondary N) is 1. The first kappa shape index (κ1) is 33.3. The number of carbonyl (C=O) groups is 4. The summed E-state index contributed by atoms with van der Waals surface area (Å²) in [6.45, 7) is 12.1. The van der Waals surface area contributed by atoms with Gasteiger partial charge in [0.2, 0.25) is 18.6 Å². The highest BCUT2D eigenvalue weighted by molar-refractivity contribution is 7.15. The molecular weight excluding hydrogens is 528 g/mol. The van der Waals surface area contributed by atoms with E-state index in [2.05, 4.69) is 24.1 Å². The molecule has 8 nitrogen and oxygen atoms in total.